The Morgan fingerprint density at radius 1 is 0.783 bits per heavy atom. The van der Waals surface area contributed by atoms with Crippen LogP contribution in [0.1, 0.15) is 6.42 Å². The van der Waals surface area contributed by atoms with E-state index < -0.39 is 5.97 Å². The minimum Gasteiger partial charge on any atom is -0.481 e. The lowest BCUT2D eigenvalue weighted by Crippen LogP contribution is -2.14. The number of carboxylic acids is 1. The van der Waals surface area contributed by atoms with Crippen LogP contribution in [0.4, 0.5) is 0 Å². The van der Waals surface area contributed by atoms with Gasteiger partial charge in [-0.05, 0) is 5.53 Å². The topological polar surface area (TPSA) is 132 Å². The third-order valence-electron chi connectivity index (χ3n) is 2.35. The van der Waals surface area contributed by atoms with Crippen LogP contribution in [0.5, 0.6) is 0 Å². The van der Waals surface area contributed by atoms with Crippen molar-refractivity contribution in [1.29, 1.82) is 0 Å². The number of carbonyl (C=O) groups is 1. The fourth-order valence-electron chi connectivity index (χ4n) is 1.29. The summed E-state index contributed by atoms with van der Waals surface area (Å²) in [5, 5.41) is 11.7. The predicted octanol–water partition coefficient (Wildman–Crippen LogP) is 0.854. The molecule has 0 saturated carbocycles. The Balaban J connectivity index is 3.00. The molecule has 0 heterocycles. The first-order valence-electron chi connectivity index (χ1n) is 7.38. The summed E-state index contributed by atoms with van der Waals surface area (Å²) in [4.78, 5) is 12.8. The van der Waals surface area contributed by atoms with Crippen LogP contribution in [0.25, 0.3) is 10.4 Å². The standard InChI is InChI=1S/C13H25N3O7/c14-16-15-2-4-20-6-8-22-10-12-23-11-9-21-7-5-19-3-1-13(17)18/h1-12H2,(H,17,18). The minimum absolute atomic E-state index is 0.00194. The van der Waals surface area contributed by atoms with Crippen molar-refractivity contribution in [2.45, 2.75) is 6.42 Å². The third kappa shape index (κ3) is 20.6. The molecule has 0 spiro atoms. The fourth-order valence-corrected chi connectivity index (χ4v) is 1.29. The Morgan fingerprint density at radius 3 is 1.57 bits per heavy atom. The number of nitrogens with zero attached hydrogens (tertiary/aromatic N) is 3. The molecule has 0 unspecified atom stereocenters. The highest BCUT2D eigenvalue weighted by Gasteiger charge is 1.96. The Kier molecular flexibility index (Phi) is 17.5. The van der Waals surface area contributed by atoms with Crippen molar-refractivity contribution in [2.75, 3.05) is 72.6 Å². The Morgan fingerprint density at radius 2 is 1.17 bits per heavy atom. The number of aliphatic carboxylic acids is 1. The summed E-state index contributed by atoms with van der Waals surface area (Å²) in [6.45, 7) is 4.45. The van der Waals surface area contributed by atoms with Crippen LogP contribution in [0.15, 0.2) is 5.11 Å². The quantitative estimate of drug-likeness (QED) is 0.170. The number of ether oxygens (including phenoxy) is 5. The molecule has 134 valence electrons. The fraction of sp³-hybridized carbons (Fsp3) is 0.923. The number of rotatable bonds is 18. The predicted molar refractivity (Wildman–Crippen MR) is 80.4 cm³/mol. The van der Waals surface area contributed by atoms with Crippen molar-refractivity contribution in [3.05, 3.63) is 10.4 Å². The first-order valence-corrected chi connectivity index (χ1v) is 7.38. The van der Waals surface area contributed by atoms with Crippen LogP contribution in [-0.2, 0) is 28.5 Å². The van der Waals surface area contributed by atoms with Crippen molar-refractivity contribution in [3.63, 3.8) is 0 Å². The molecule has 0 aromatic heterocycles. The van der Waals surface area contributed by atoms with E-state index in [1.54, 1.807) is 0 Å². The van der Waals surface area contributed by atoms with Crippen LogP contribution in [-0.4, -0.2) is 83.7 Å². The van der Waals surface area contributed by atoms with Crippen molar-refractivity contribution in [3.8, 4) is 0 Å². The van der Waals surface area contributed by atoms with Crippen LogP contribution in [0, 0.1) is 0 Å². The SMILES string of the molecule is [N-]=[N+]=NCCOCCOCCOCCOCCOCCC(=O)O. The average Bonchev–Trinajstić information content (AvgIpc) is 2.53. The van der Waals surface area contributed by atoms with Gasteiger partial charge in [0.1, 0.15) is 0 Å². The van der Waals surface area contributed by atoms with Gasteiger partial charge in [0.05, 0.1) is 72.5 Å². The summed E-state index contributed by atoms with van der Waals surface area (Å²) in [6.07, 6.45) is 0.00194. The van der Waals surface area contributed by atoms with Gasteiger partial charge < -0.3 is 28.8 Å². The van der Waals surface area contributed by atoms with Crippen LogP contribution in [0.3, 0.4) is 0 Å². The zero-order valence-corrected chi connectivity index (χ0v) is 13.2. The molecule has 0 aliphatic carbocycles. The molecule has 10 nitrogen and oxygen atoms in total. The monoisotopic (exact) mass is 335 g/mol. The largest absolute Gasteiger partial charge is 0.481 e. The van der Waals surface area contributed by atoms with E-state index in [9.17, 15) is 4.79 Å². The van der Waals surface area contributed by atoms with Gasteiger partial charge in [0.2, 0.25) is 0 Å². The summed E-state index contributed by atoms with van der Waals surface area (Å²) in [5.74, 6) is -0.874. The first kappa shape index (κ1) is 21.6. The van der Waals surface area contributed by atoms with E-state index in [1.807, 2.05) is 0 Å². The number of hydrogen-bond donors (Lipinski definition) is 1. The lowest BCUT2D eigenvalue weighted by molar-refractivity contribution is -0.138. The maximum Gasteiger partial charge on any atom is 0.305 e. The van der Waals surface area contributed by atoms with Gasteiger partial charge in [-0.25, -0.2) is 0 Å². The van der Waals surface area contributed by atoms with Gasteiger partial charge in [0.25, 0.3) is 0 Å². The Hall–Kier alpha value is -1.42. The molecule has 0 radical (unpaired) electrons. The zero-order chi connectivity index (χ0) is 17.0. The summed E-state index contributed by atoms with van der Waals surface area (Å²) in [6, 6.07) is 0. The smallest absolute Gasteiger partial charge is 0.305 e. The van der Waals surface area contributed by atoms with E-state index in [4.69, 9.17) is 34.3 Å². The summed E-state index contributed by atoms with van der Waals surface area (Å²) < 4.78 is 26.0. The van der Waals surface area contributed by atoms with Gasteiger partial charge in [-0.2, -0.15) is 0 Å². The van der Waals surface area contributed by atoms with Gasteiger partial charge in [0.15, 0.2) is 0 Å². The Labute approximate surface area is 135 Å². The highest BCUT2D eigenvalue weighted by Crippen LogP contribution is 1.86. The van der Waals surface area contributed by atoms with Crippen LogP contribution >= 0.6 is 0 Å². The highest BCUT2D eigenvalue weighted by atomic mass is 16.6. The lowest BCUT2D eigenvalue weighted by atomic mass is 10.5. The van der Waals surface area contributed by atoms with Gasteiger partial charge >= 0.3 is 5.97 Å². The minimum atomic E-state index is -0.874. The lowest BCUT2D eigenvalue weighted by Gasteiger charge is -2.07. The number of carboxylic acid groups (broad SMARTS) is 1. The molecule has 0 aromatic carbocycles. The molecule has 0 amide bonds. The average molecular weight is 335 g/mol. The Bertz CT molecular complexity index is 309. The maximum atomic E-state index is 10.2. The van der Waals surface area contributed by atoms with E-state index in [1.165, 1.54) is 0 Å². The third-order valence-corrected chi connectivity index (χ3v) is 2.35. The number of hydrogen-bond acceptors (Lipinski definition) is 7. The van der Waals surface area contributed by atoms with E-state index in [0.29, 0.717) is 66.0 Å². The van der Waals surface area contributed by atoms with E-state index in [0.717, 1.165) is 0 Å². The number of azide groups is 1. The molecule has 0 aliphatic rings. The van der Waals surface area contributed by atoms with Crippen LogP contribution in [0.2, 0.25) is 0 Å². The maximum absolute atomic E-state index is 10.2. The van der Waals surface area contributed by atoms with Gasteiger partial charge in [-0.3, -0.25) is 4.79 Å². The molecule has 10 heteroatoms. The second-order valence-corrected chi connectivity index (χ2v) is 4.16. The molecule has 1 N–H and O–H groups in total. The zero-order valence-electron chi connectivity index (χ0n) is 13.2. The van der Waals surface area contributed by atoms with Gasteiger partial charge in [-0.15, -0.1) is 0 Å². The van der Waals surface area contributed by atoms with E-state index >= 15 is 0 Å². The summed E-state index contributed by atoms with van der Waals surface area (Å²) >= 11 is 0. The molecule has 0 fully saturated rings. The van der Waals surface area contributed by atoms with Gasteiger partial charge in [0, 0.05) is 11.5 Å². The molecule has 0 rings (SSSR count). The first-order chi connectivity index (χ1) is 11.3. The van der Waals surface area contributed by atoms with Crippen molar-refractivity contribution < 1.29 is 33.6 Å². The molecule has 0 bridgehead atoms. The molecular weight excluding hydrogens is 310 g/mol. The summed E-state index contributed by atoms with van der Waals surface area (Å²) in [7, 11) is 0. The molecule has 0 aliphatic heterocycles. The van der Waals surface area contributed by atoms with Crippen LogP contribution < -0.4 is 0 Å². The second kappa shape index (κ2) is 18.6. The van der Waals surface area contributed by atoms with E-state index in [2.05, 4.69) is 10.0 Å². The molecular formula is C13H25N3O7. The highest BCUT2D eigenvalue weighted by molar-refractivity contribution is 5.66. The molecule has 23 heavy (non-hydrogen) atoms. The van der Waals surface area contributed by atoms with Crippen molar-refractivity contribution in [1.82, 2.24) is 0 Å². The normalized spacial score (nSPS) is 10.4. The van der Waals surface area contributed by atoms with Crippen molar-refractivity contribution >= 4 is 5.97 Å². The molecule has 0 aromatic rings. The molecule has 0 atom stereocenters. The summed E-state index contributed by atoms with van der Waals surface area (Å²) in [5.41, 5.74) is 8.04. The second-order valence-electron chi connectivity index (χ2n) is 4.16. The van der Waals surface area contributed by atoms with Gasteiger partial charge in [-0.1, -0.05) is 5.11 Å². The van der Waals surface area contributed by atoms with Crippen molar-refractivity contribution in [2.24, 2.45) is 5.11 Å². The van der Waals surface area contributed by atoms with E-state index in [-0.39, 0.29) is 13.0 Å². The molecule has 0 saturated heterocycles.